The molecule has 0 aliphatic carbocycles. The molecule has 11 heteroatoms. The van der Waals surface area contributed by atoms with Crippen LogP contribution in [0.15, 0.2) is 23.6 Å². The number of piperidine rings is 1. The summed E-state index contributed by atoms with van der Waals surface area (Å²) in [4.78, 5) is 66.8. The van der Waals surface area contributed by atoms with E-state index in [1.165, 1.54) is 11.3 Å². The zero-order valence-electron chi connectivity index (χ0n) is 19.8. The minimum atomic E-state index is -0.983. The molecule has 1 fully saturated rings. The van der Waals surface area contributed by atoms with Gasteiger partial charge in [-0.1, -0.05) is 26.8 Å². The van der Waals surface area contributed by atoms with Gasteiger partial charge in [0.1, 0.15) is 6.04 Å². The van der Waals surface area contributed by atoms with Crippen LogP contribution in [0.25, 0.3) is 0 Å². The van der Waals surface area contributed by atoms with Crippen LogP contribution in [-0.4, -0.2) is 52.1 Å². The Kier molecular flexibility index (Phi) is 6.70. The number of hydrogen-bond donors (Lipinski definition) is 3. The van der Waals surface area contributed by atoms with Crippen LogP contribution in [0.5, 0.6) is 0 Å². The van der Waals surface area contributed by atoms with Crippen molar-refractivity contribution < 1.29 is 24.0 Å². The maximum Gasteiger partial charge on any atom is 0.321 e. The summed E-state index contributed by atoms with van der Waals surface area (Å²) in [6.07, 6.45) is 1.40. The van der Waals surface area contributed by atoms with Gasteiger partial charge in [-0.05, 0) is 37.0 Å². The number of hydrogen-bond acceptors (Lipinski definition) is 7. The van der Waals surface area contributed by atoms with Crippen LogP contribution < -0.4 is 16.0 Å². The van der Waals surface area contributed by atoms with Gasteiger partial charge >= 0.3 is 6.03 Å². The van der Waals surface area contributed by atoms with E-state index in [-0.39, 0.29) is 35.4 Å². The highest BCUT2D eigenvalue weighted by Gasteiger charge is 2.44. The van der Waals surface area contributed by atoms with Gasteiger partial charge in [0.05, 0.1) is 16.8 Å². The molecule has 184 valence electrons. The number of aromatic nitrogens is 1. The van der Waals surface area contributed by atoms with Crippen molar-refractivity contribution >= 4 is 46.1 Å². The number of carbonyl (C=O) groups excluding carboxylic acids is 5. The highest BCUT2D eigenvalue weighted by atomic mass is 32.1. The number of aryl methyl sites for hydroxylation is 1. The molecule has 6 amide bonds. The van der Waals surface area contributed by atoms with E-state index >= 15 is 0 Å². The van der Waals surface area contributed by atoms with Crippen LogP contribution in [0.2, 0.25) is 0 Å². The molecule has 0 radical (unpaired) electrons. The number of urea groups is 1. The van der Waals surface area contributed by atoms with Gasteiger partial charge in [-0.3, -0.25) is 34.7 Å². The Morgan fingerprint density at radius 1 is 1.17 bits per heavy atom. The lowest BCUT2D eigenvalue weighted by Crippen LogP contribution is -2.54. The summed E-state index contributed by atoms with van der Waals surface area (Å²) < 4.78 is 0. The van der Waals surface area contributed by atoms with Gasteiger partial charge in [0.2, 0.25) is 11.8 Å². The average molecular weight is 498 g/mol. The molecular formula is C24H27N5O5S. The van der Waals surface area contributed by atoms with Crippen molar-refractivity contribution in [3.8, 4) is 0 Å². The van der Waals surface area contributed by atoms with Crippen molar-refractivity contribution in [1.29, 1.82) is 0 Å². The van der Waals surface area contributed by atoms with Crippen LogP contribution in [0, 0.1) is 0 Å². The summed E-state index contributed by atoms with van der Waals surface area (Å²) >= 11 is 1.37. The molecule has 0 saturated carbocycles. The summed E-state index contributed by atoms with van der Waals surface area (Å²) in [7, 11) is 0. The Balaban J connectivity index is 1.30. The third kappa shape index (κ3) is 5.24. The molecule has 0 bridgehead atoms. The first-order chi connectivity index (χ1) is 16.5. The van der Waals surface area contributed by atoms with Crippen LogP contribution in [0.1, 0.15) is 72.0 Å². The molecule has 1 atom stereocenters. The zero-order chi connectivity index (χ0) is 25.3. The molecule has 1 unspecified atom stereocenters. The molecule has 0 spiro atoms. The Bertz CT molecular complexity index is 1220. The lowest BCUT2D eigenvalue weighted by Gasteiger charge is -2.27. The van der Waals surface area contributed by atoms with Crippen LogP contribution in [0.3, 0.4) is 0 Å². The van der Waals surface area contributed by atoms with E-state index < -0.39 is 29.7 Å². The predicted molar refractivity (Wildman–Crippen MR) is 129 cm³/mol. The summed E-state index contributed by atoms with van der Waals surface area (Å²) in [5, 5.41) is 10.2. The summed E-state index contributed by atoms with van der Waals surface area (Å²) in [5.41, 5.74) is 2.17. The van der Waals surface area contributed by atoms with E-state index in [2.05, 4.69) is 41.7 Å². The summed E-state index contributed by atoms with van der Waals surface area (Å²) in [6, 6.07) is 3.69. The van der Waals surface area contributed by atoms with Crippen LogP contribution in [-0.2, 0) is 21.4 Å². The third-order valence-corrected chi connectivity index (χ3v) is 6.68. The maximum absolute atomic E-state index is 12.9. The molecule has 1 saturated heterocycles. The monoisotopic (exact) mass is 497 g/mol. The topological polar surface area (TPSA) is 138 Å². The predicted octanol–water partition coefficient (Wildman–Crippen LogP) is 2.60. The number of thiazole rings is 1. The molecule has 2 aliphatic heterocycles. The number of rotatable bonds is 6. The molecule has 4 rings (SSSR count). The Morgan fingerprint density at radius 3 is 2.60 bits per heavy atom. The van der Waals surface area contributed by atoms with Gasteiger partial charge in [-0.2, -0.15) is 0 Å². The van der Waals surface area contributed by atoms with Gasteiger partial charge in [0, 0.05) is 23.8 Å². The first-order valence-corrected chi connectivity index (χ1v) is 12.3. The van der Waals surface area contributed by atoms with Gasteiger partial charge in [-0.15, -0.1) is 11.3 Å². The molecule has 1 aromatic carbocycles. The van der Waals surface area contributed by atoms with Crippen molar-refractivity contribution in [2.24, 2.45) is 0 Å². The number of nitrogens with one attached hydrogen (secondary N) is 3. The first kappa shape index (κ1) is 24.5. The maximum atomic E-state index is 12.9. The molecule has 1 aromatic heterocycles. The summed E-state index contributed by atoms with van der Waals surface area (Å²) in [6.45, 7) is 6.58. The number of carbonyl (C=O) groups is 5. The van der Waals surface area contributed by atoms with Crippen molar-refractivity contribution in [2.75, 3.05) is 11.9 Å². The van der Waals surface area contributed by atoms with E-state index in [4.69, 9.17) is 0 Å². The molecule has 3 N–H and O–H groups in total. The quantitative estimate of drug-likeness (QED) is 0.414. The van der Waals surface area contributed by atoms with Crippen molar-refractivity contribution in [3.63, 3.8) is 0 Å². The molecule has 2 aliphatic rings. The number of nitrogens with zero attached hydrogens (tertiary/aromatic N) is 2. The molecule has 35 heavy (non-hydrogen) atoms. The second-order valence-electron chi connectivity index (χ2n) is 9.60. The van der Waals surface area contributed by atoms with E-state index in [1.807, 2.05) is 5.38 Å². The van der Waals surface area contributed by atoms with Gasteiger partial charge < -0.3 is 5.32 Å². The average Bonchev–Trinajstić information content (AvgIpc) is 3.35. The van der Waals surface area contributed by atoms with Crippen LogP contribution in [0.4, 0.5) is 9.93 Å². The Morgan fingerprint density at radius 2 is 1.91 bits per heavy atom. The third-order valence-electron chi connectivity index (χ3n) is 5.93. The highest BCUT2D eigenvalue weighted by Crippen LogP contribution is 2.29. The Labute approximate surface area is 206 Å². The molecular weight excluding hydrogens is 470 g/mol. The molecule has 2 aromatic rings. The van der Waals surface area contributed by atoms with Crippen LogP contribution >= 0.6 is 11.3 Å². The standard InChI is InChI=1S/C24H27N5O5S/c1-24(2,3)17-12-35-23(26-17)28-22(34)25-10-4-5-13-6-7-14-15(11-13)21(33)29(20(14)32)16-8-9-18(30)27-19(16)31/h6-7,11-12,16H,4-5,8-10H2,1-3H3,(H,27,30,31)(H2,25,26,28,34). The summed E-state index contributed by atoms with van der Waals surface area (Å²) in [5.74, 6) is -2.10. The van der Waals surface area contributed by atoms with E-state index in [9.17, 15) is 24.0 Å². The largest absolute Gasteiger partial charge is 0.338 e. The fourth-order valence-electron chi connectivity index (χ4n) is 3.99. The second kappa shape index (κ2) is 9.57. The van der Waals surface area contributed by atoms with E-state index in [1.54, 1.807) is 18.2 Å². The van der Waals surface area contributed by atoms with Gasteiger partial charge in [0.25, 0.3) is 11.8 Å². The number of imide groups is 2. The minimum absolute atomic E-state index is 0.0793. The lowest BCUT2D eigenvalue weighted by molar-refractivity contribution is -0.136. The SMILES string of the molecule is CC(C)(C)c1csc(NC(=O)NCCCc2ccc3c(c2)C(=O)N(C2CCC(=O)NC2=O)C3=O)n1. The number of benzene rings is 1. The zero-order valence-corrected chi connectivity index (χ0v) is 20.6. The second-order valence-corrected chi connectivity index (χ2v) is 10.5. The van der Waals surface area contributed by atoms with Gasteiger partial charge in [-0.25, -0.2) is 9.78 Å². The molecule has 10 nitrogen and oxygen atoms in total. The van der Waals surface area contributed by atoms with E-state index in [0.29, 0.717) is 24.5 Å². The van der Waals surface area contributed by atoms with E-state index in [0.717, 1.165) is 16.2 Å². The van der Waals surface area contributed by atoms with Crippen molar-refractivity contribution in [1.82, 2.24) is 20.5 Å². The smallest absolute Gasteiger partial charge is 0.321 e. The van der Waals surface area contributed by atoms with Crippen molar-refractivity contribution in [2.45, 2.75) is 57.9 Å². The molecule has 3 heterocycles. The van der Waals surface area contributed by atoms with Crippen molar-refractivity contribution in [3.05, 3.63) is 46.0 Å². The normalized spacial score (nSPS) is 17.9. The minimum Gasteiger partial charge on any atom is -0.338 e. The van der Waals surface area contributed by atoms with Gasteiger partial charge in [0.15, 0.2) is 5.13 Å². The fourth-order valence-corrected chi connectivity index (χ4v) is 4.92. The number of fused-ring (bicyclic) bond motifs is 1. The highest BCUT2D eigenvalue weighted by molar-refractivity contribution is 7.13. The lowest BCUT2D eigenvalue weighted by atomic mass is 9.93. The first-order valence-electron chi connectivity index (χ1n) is 11.4. The number of anilines is 1. The number of amides is 6. The fraction of sp³-hybridized carbons (Fsp3) is 0.417. The Hall–Kier alpha value is -3.60.